The van der Waals surface area contributed by atoms with Crippen molar-refractivity contribution in [1.82, 2.24) is 0 Å². The van der Waals surface area contributed by atoms with E-state index in [1.54, 1.807) is 6.92 Å². The number of carbonyl (C=O) groups is 1. The number of benzene rings is 1. The van der Waals surface area contributed by atoms with Crippen molar-refractivity contribution in [3.63, 3.8) is 0 Å². The highest BCUT2D eigenvalue weighted by Gasteiger charge is 2.12. The second kappa shape index (κ2) is 5.54. The molecule has 1 aromatic rings. The van der Waals surface area contributed by atoms with Gasteiger partial charge in [-0.3, -0.25) is 4.79 Å². The van der Waals surface area contributed by atoms with Crippen LogP contribution in [0.2, 0.25) is 0 Å². The Balaban J connectivity index is 2.64. The van der Waals surface area contributed by atoms with Crippen LogP contribution in [0.25, 0.3) is 0 Å². The maximum absolute atomic E-state index is 10.8. The predicted molar refractivity (Wildman–Crippen MR) is 65.8 cm³/mol. The molecule has 1 unspecified atom stereocenters. The summed E-state index contributed by atoms with van der Waals surface area (Å²) in [5.74, 6) is -0.639. The lowest BCUT2D eigenvalue weighted by atomic mass is 10.0. The normalized spacial score (nSPS) is 12.5. The highest BCUT2D eigenvalue weighted by atomic mass is 16.4. The molecule has 0 saturated heterocycles. The minimum Gasteiger partial charge on any atom is -0.481 e. The molecule has 88 valence electrons. The first-order valence-electron chi connectivity index (χ1n) is 5.57. The van der Waals surface area contributed by atoms with Crippen LogP contribution in [0.1, 0.15) is 32.3 Å². The molecular weight excluding hydrogens is 202 g/mol. The third kappa shape index (κ3) is 3.57. The van der Waals surface area contributed by atoms with Gasteiger partial charge < -0.3 is 10.4 Å². The van der Waals surface area contributed by atoms with E-state index in [9.17, 15) is 4.79 Å². The standard InChI is InChI=1S/C13H19NO2/c1-9(2)8-14-12-6-4-11(5-7-12)10(3)13(15)16/h4-7,9-10,14H,8H2,1-3H3,(H,15,16). The first kappa shape index (κ1) is 12.6. The fourth-order valence-electron chi connectivity index (χ4n) is 1.35. The summed E-state index contributed by atoms with van der Waals surface area (Å²) in [5, 5.41) is 12.2. The number of rotatable bonds is 5. The van der Waals surface area contributed by atoms with Crippen LogP contribution in [-0.2, 0) is 4.79 Å². The summed E-state index contributed by atoms with van der Waals surface area (Å²) in [7, 11) is 0. The third-order valence-corrected chi connectivity index (χ3v) is 2.50. The maximum Gasteiger partial charge on any atom is 0.310 e. The average molecular weight is 221 g/mol. The Morgan fingerprint density at radius 2 is 1.81 bits per heavy atom. The van der Waals surface area contributed by atoms with Crippen LogP contribution in [0.3, 0.4) is 0 Å². The Bertz CT molecular complexity index is 343. The van der Waals surface area contributed by atoms with Crippen LogP contribution in [0, 0.1) is 5.92 Å². The number of anilines is 1. The number of carboxylic acids is 1. The molecule has 0 aliphatic carbocycles. The lowest BCUT2D eigenvalue weighted by molar-refractivity contribution is -0.138. The Hall–Kier alpha value is -1.51. The quantitative estimate of drug-likeness (QED) is 0.803. The number of carboxylic acid groups (broad SMARTS) is 1. The summed E-state index contributed by atoms with van der Waals surface area (Å²) in [4.78, 5) is 10.8. The summed E-state index contributed by atoms with van der Waals surface area (Å²) in [6.07, 6.45) is 0. The van der Waals surface area contributed by atoms with Crippen molar-refractivity contribution in [3.05, 3.63) is 29.8 Å². The molecule has 1 atom stereocenters. The number of nitrogens with one attached hydrogen (secondary N) is 1. The van der Waals surface area contributed by atoms with E-state index in [2.05, 4.69) is 19.2 Å². The van der Waals surface area contributed by atoms with E-state index < -0.39 is 11.9 Å². The fourth-order valence-corrected chi connectivity index (χ4v) is 1.35. The molecule has 16 heavy (non-hydrogen) atoms. The molecule has 1 aromatic carbocycles. The van der Waals surface area contributed by atoms with E-state index in [1.165, 1.54) is 0 Å². The first-order valence-corrected chi connectivity index (χ1v) is 5.57. The molecule has 0 aromatic heterocycles. The van der Waals surface area contributed by atoms with E-state index in [1.807, 2.05) is 24.3 Å². The zero-order chi connectivity index (χ0) is 12.1. The van der Waals surface area contributed by atoms with Gasteiger partial charge in [0.2, 0.25) is 0 Å². The molecule has 0 aliphatic heterocycles. The molecule has 0 bridgehead atoms. The van der Waals surface area contributed by atoms with Gasteiger partial charge in [0.15, 0.2) is 0 Å². The minimum atomic E-state index is -0.789. The highest BCUT2D eigenvalue weighted by Crippen LogP contribution is 2.18. The second-order valence-electron chi connectivity index (χ2n) is 4.46. The average Bonchev–Trinajstić information content (AvgIpc) is 2.26. The Morgan fingerprint density at radius 1 is 1.25 bits per heavy atom. The highest BCUT2D eigenvalue weighted by molar-refractivity contribution is 5.75. The maximum atomic E-state index is 10.8. The summed E-state index contributed by atoms with van der Waals surface area (Å²) in [6, 6.07) is 7.58. The molecule has 0 heterocycles. The summed E-state index contributed by atoms with van der Waals surface area (Å²) >= 11 is 0. The molecule has 0 saturated carbocycles. The molecule has 2 N–H and O–H groups in total. The number of hydrogen-bond donors (Lipinski definition) is 2. The van der Waals surface area contributed by atoms with Crippen LogP contribution in [0.15, 0.2) is 24.3 Å². The third-order valence-electron chi connectivity index (χ3n) is 2.50. The van der Waals surface area contributed by atoms with Crippen LogP contribution < -0.4 is 5.32 Å². The SMILES string of the molecule is CC(C)CNc1ccc(C(C)C(=O)O)cc1. The van der Waals surface area contributed by atoms with Crippen LogP contribution in [0.5, 0.6) is 0 Å². The van der Waals surface area contributed by atoms with Gasteiger partial charge in [0.25, 0.3) is 0 Å². The minimum absolute atomic E-state index is 0.445. The van der Waals surface area contributed by atoms with Gasteiger partial charge in [-0.05, 0) is 30.5 Å². The zero-order valence-electron chi connectivity index (χ0n) is 10.0. The molecule has 3 nitrogen and oxygen atoms in total. The Morgan fingerprint density at radius 3 is 2.25 bits per heavy atom. The van der Waals surface area contributed by atoms with E-state index in [0.29, 0.717) is 5.92 Å². The lowest BCUT2D eigenvalue weighted by Crippen LogP contribution is -2.09. The number of aliphatic carboxylic acids is 1. The van der Waals surface area contributed by atoms with Gasteiger partial charge in [-0.25, -0.2) is 0 Å². The predicted octanol–water partition coefficient (Wildman–Crippen LogP) is 2.94. The topological polar surface area (TPSA) is 49.3 Å². The molecule has 3 heteroatoms. The second-order valence-corrected chi connectivity index (χ2v) is 4.46. The molecular formula is C13H19NO2. The molecule has 1 rings (SSSR count). The summed E-state index contributed by atoms with van der Waals surface area (Å²) in [6.45, 7) is 6.91. The summed E-state index contributed by atoms with van der Waals surface area (Å²) < 4.78 is 0. The van der Waals surface area contributed by atoms with Gasteiger partial charge in [-0.2, -0.15) is 0 Å². The monoisotopic (exact) mass is 221 g/mol. The van der Waals surface area contributed by atoms with Gasteiger partial charge >= 0.3 is 5.97 Å². The van der Waals surface area contributed by atoms with Crippen molar-refractivity contribution in [2.75, 3.05) is 11.9 Å². The molecule has 0 aliphatic rings. The smallest absolute Gasteiger partial charge is 0.310 e. The van der Waals surface area contributed by atoms with Crippen LogP contribution in [-0.4, -0.2) is 17.6 Å². The van der Waals surface area contributed by atoms with Gasteiger partial charge in [0, 0.05) is 12.2 Å². The number of hydrogen-bond acceptors (Lipinski definition) is 2. The van der Waals surface area contributed by atoms with E-state index in [0.717, 1.165) is 17.8 Å². The Kier molecular flexibility index (Phi) is 4.35. The first-order chi connectivity index (χ1) is 7.50. The molecule has 0 radical (unpaired) electrons. The van der Waals surface area contributed by atoms with Crippen LogP contribution >= 0.6 is 0 Å². The van der Waals surface area contributed by atoms with Crippen molar-refractivity contribution in [2.24, 2.45) is 5.92 Å². The Labute approximate surface area is 96.5 Å². The summed E-state index contributed by atoms with van der Waals surface area (Å²) in [5.41, 5.74) is 1.87. The zero-order valence-corrected chi connectivity index (χ0v) is 10.0. The van der Waals surface area contributed by atoms with Crippen molar-refractivity contribution in [3.8, 4) is 0 Å². The van der Waals surface area contributed by atoms with Crippen molar-refractivity contribution >= 4 is 11.7 Å². The fraction of sp³-hybridized carbons (Fsp3) is 0.462. The van der Waals surface area contributed by atoms with Crippen molar-refractivity contribution in [1.29, 1.82) is 0 Å². The van der Waals surface area contributed by atoms with Gasteiger partial charge in [0.1, 0.15) is 0 Å². The molecule has 0 fully saturated rings. The van der Waals surface area contributed by atoms with Crippen molar-refractivity contribution < 1.29 is 9.90 Å². The molecule has 0 spiro atoms. The van der Waals surface area contributed by atoms with E-state index in [4.69, 9.17) is 5.11 Å². The van der Waals surface area contributed by atoms with Crippen LogP contribution in [0.4, 0.5) is 5.69 Å². The lowest BCUT2D eigenvalue weighted by Gasteiger charge is -2.11. The van der Waals surface area contributed by atoms with E-state index >= 15 is 0 Å². The van der Waals surface area contributed by atoms with Gasteiger partial charge in [0.05, 0.1) is 5.92 Å². The largest absolute Gasteiger partial charge is 0.481 e. The van der Waals surface area contributed by atoms with E-state index in [-0.39, 0.29) is 0 Å². The van der Waals surface area contributed by atoms with Crippen molar-refractivity contribution in [2.45, 2.75) is 26.7 Å². The van der Waals surface area contributed by atoms with Gasteiger partial charge in [-0.15, -0.1) is 0 Å². The molecule has 0 amide bonds. The van der Waals surface area contributed by atoms with Gasteiger partial charge in [-0.1, -0.05) is 26.0 Å².